The molecule has 19 heavy (non-hydrogen) atoms. The molecule has 1 aliphatic heterocycles. The van der Waals surface area contributed by atoms with E-state index in [0.717, 1.165) is 0 Å². The highest BCUT2D eigenvalue weighted by molar-refractivity contribution is 9.10. The predicted molar refractivity (Wildman–Crippen MR) is 73.1 cm³/mol. The van der Waals surface area contributed by atoms with Crippen LogP contribution in [0.25, 0.3) is 0 Å². The summed E-state index contributed by atoms with van der Waals surface area (Å²) in [6.45, 7) is 1.05. The zero-order chi connectivity index (χ0) is 13.4. The third-order valence-corrected chi connectivity index (χ3v) is 3.75. The standard InChI is InChI=1S/C13H10BrN3O2/c14-9-2-1-3-10-11(9)12(18)13(19)17(10)7-6-16-5-4-15-8-16/h1-5,8H,6-7H2. The molecular weight excluding hydrogens is 310 g/mol. The van der Waals surface area contributed by atoms with Crippen LogP contribution in [-0.2, 0) is 11.3 Å². The van der Waals surface area contributed by atoms with Crippen LogP contribution >= 0.6 is 15.9 Å². The number of carbonyl (C=O) groups is 2. The second kappa shape index (κ2) is 4.62. The van der Waals surface area contributed by atoms with Gasteiger partial charge in [0.1, 0.15) is 0 Å². The van der Waals surface area contributed by atoms with E-state index in [1.807, 2.05) is 16.8 Å². The maximum atomic E-state index is 12.0. The number of halogens is 1. The van der Waals surface area contributed by atoms with E-state index in [4.69, 9.17) is 0 Å². The molecule has 3 rings (SSSR count). The summed E-state index contributed by atoms with van der Waals surface area (Å²) in [6.07, 6.45) is 5.19. The largest absolute Gasteiger partial charge is 0.336 e. The van der Waals surface area contributed by atoms with Gasteiger partial charge in [-0.25, -0.2) is 4.98 Å². The van der Waals surface area contributed by atoms with Crippen molar-refractivity contribution in [2.75, 3.05) is 11.4 Å². The van der Waals surface area contributed by atoms with Crippen LogP contribution in [0.1, 0.15) is 10.4 Å². The predicted octanol–water partition coefficient (Wildman–Crippen LogP) is 1.88. The maximum Gasteiger partial charge on any atom is 0.299 e. The van der Waals surface area contributed by atoms with Gasteiger partial charge in [-0.1, -0.05) is 6.07 Å². The van der Waals surface area contributed by atoms with Crippen LogP contribution in [0.15, 0.2) is 41.4 Å². The number of anilines is 1. The molecule has 0 radical (unpaired) electrons. The third-order valence-electron chi connectivity index (χ3n) is 3.09. The van der Waals surface area contributed by atoms with E-state index in [0.29, 0.717) is 28.8 Å². The number of carbonyl (C=O) groups excluding carboxylic acids is 2. The molecule has 2 heterocycles. The Kier molecular flexibility index (Phi) is 2.94. The first-order valence-electron chi connectivity index (χ1n) is 5.79. The first-order valence-corrected chi connectivity index (χ1v) is 6.58. The summed E-state index contributed by atoms with van der Waals surface area (Å²) in [5.74, 6) is -0.921. The van der Waals surface area contributed by atoms with Crippen molar-refractivity contribution in [1.29, 1.82) is 0 Å². The van der Waals surface area contributed by atoms with Crippen LogP contribution in [0.2, 0.25) is 0 Å². The van der Waals surface area contributed by atoms with Gasteiger partial charge in [-0.3, -0.25) is 9.59 Å². The molecule has 96 valence electrons. The molecule has 1 aromatic carbocycles. The minimum absolute atomic E-state index is 0.449. The van der Waals surface area contributed by atoms with Gasteiger partial charge in [0.2, 0.25) is 0 Å². The van der Waals surface area contributed by atoms with E-state index in [9.17, 15) is 9.59 Å². The fourth-order valence-electron chi connectivity index (χ4n) is 2.16. The Labute approximate surface area is 118 Å². The van der Waals surface area contributed by atoms with E-state index >= 15 is 0 Å². The topological polar surface area (TPSA) is 55.2 Å². The van der Waals surface area contributed by atoms with Crippen molar-refractivity contribution < 1.29 is 9.59 Å². The monoisotopic (exact) mass is 319 g/mol. The van der Waals surface area contributed by atoms with Gasteiger partial charge in [0.05, 0.1) is 17.6 Å². The lowest BCUT2D eigenvalue weighted by Crippen LogP contribution is -2.32. The Balaban J connectivity index is 1.89. The van der Waals surface area contributed by atoms with Crippen LogP contribution < -0.4 is 4.90 Å². The summed E-state index contributed by atoms with van der Waals surface area (Å²) in [4.78, 5) is 29.4. The smallest absolute Gasteiger partial charge is 0.299 e. The minimum atomic E-state index is -0.470. The normalized spacial score (nSPS) is 14.1. The third kappa shape index (κ3) is 1.98. The zero-order valence-electron chi connectivity index (χ0n) is 9.91. The van der Waals surface area contributed by atoms with Crippen LogP contribution in [0.5, 0.6) is 0 Å². The molecule has 0 fully saturated rings. The second-order valence-corrected chi connectivity index (χ2v) is 5.07. The molecule has 0 unspecified atom stereocenters. The molecule has 0 aliphatic carbocycles. The van der Waals surface area contributed by atoms with E-state index in [1.54, 1.807) is 24.7 Å². The summed E-state index contributed by atoms with van der Waals surface area (Å²) >= 11 is 3.32. The van der Waals surface area contributed by atoms with Crippen LogP contribution in [-0.4, -0.2) is 27.8 Å². The molecule has 0 saturated heterocycles. The number of imidazole rings is 1. The molecule has 1 aliphatic rings. The van der Waals surface area contributed by atoms with E-state index in [2.05, 4.69) is 20.9 Å². The molecule has 0 saturated carbocycles. The van der Waals surface area contributed by atoms with Gasteiger partial charge in [-0.2, -0.15) is 0 Å². The molecule has 2 aromatic rings. The van der Waals surface area contributed by atoms with Gasteiger partial charge in [-0.05, 0) is 28.1 Å². The lowest BCUT2D eigenvalue weighted by atomic mass is 10.1. The molecular formula is C13H10BrN3O2. The van der Waals surface area contributed by atoms with Crippen LogP contribution in [0.3, 0.4) is 0 Å². The minimum Gasteiger partial charge on any atom is -0.336 e. The number of fused-ring (bicyclic) bond motifs is 1. The van der Waals surface area contributed by atoms with Crippen molar-refractivity contribution in [3.63, 3.8) is 0 Å². The Hall–Kier alpha value is -1.95. The van der Waals surface area contributed by atoms with Gasteiger partial charge >= 0.3 is 0 Å². The lowest BCUT2D eigenvalue weighted by Gasteiger charge is -2.16. The molecule has 1 aromatic heterocycles. The Morgan fingerprint density at radius 1 is 1.21 bits per heavy atom. The Morgan fingerprint density at radius 2 is 2.05 bits per heavy atom. The number of hydrogen-bond donors (Lipinski definition) is 0. The van der Waals surface area contributed by atoms with E-state index in [1.165, 1.54) is 4.90 Å². The second-order valence-electron chi connectivity index (χ2n) is 4.22. The number of nitrogens with zero attached hydrogens (tertiary/aromatic N) is 3. The highest BCUT2D eigenvalue weighted by Gasteiger charge is 2.36. The van der Waals surface area contributed by atoms with Crippen LogP contribution in [0.4, 0.5) is 5.69 Å². The van der Waals surface area contributed by atoms with E-state index < -0.39 is 11.7 Å². The highest BCUT2D eigenvalue weighted by atomic mass is 79.9. The average Bonchev–Trinajstić information content (AvgIpc) is 2.98. The van der Waals surface area contributed by atoms with Crippen molar-refractivity contribution >= 4 is 33.3 Å². The summed E-state index contributed by atoms with van der Waals surface area (Å²) < 4.78 is 2.53. The van der Waals surface area contributed by atoms with Gasteiger partial charge in [0.15, 0.2) is 0 Å². The number of rotatable bonds is 3. The first kappa shape index (κ1) is 12.1. The molecule has 6 heteroatoms. The van der Waals surface area contributed by atoms with Gasteiger partial charge < -0.3 is 9.47 Å². The first-order chi connectivity index (χ1) is 9.18. The molecule has 0 spiro atoms. The quantitative estimate of drug-likeness (QED) is 0.812. The number of aromatic nitrogens is 2. The molecule has 0 bridgehead atoms. The summed E-state index contributed by atoms with van der Waals surface area (Å²) in [6, 6.07) is 5.37. The fourth-order valence-corrected chi connectivity index (χ4v) is 2.69. The summed E-state index contributed by atoms with van der Waals surface area (Å²) in [7, 11) is 0. The number of ketones is 1. The van der Waals surface area contributed by atoms with E-state index in [-0.39, 0.29) is 0 Å². The maximum absolute atomic E-state index is 12.0. The Morgan fingerprint density at radius 3 is 2.79 bits per heavy atom. The Bertz CT molecular complexity index is 652. The number of hydrogen-bond acceptors (Lipinski definition) is 3. The summed E-state index contributed by atoms with van der Waals surface area (Å²) in [5, 5.41) is 0. The molecule has 5 nitrogen and oxygen atoms in total. The van der Waals surface area contributed by atoms with Crippen molar-refractivity contribution in [2.45, 2.75) is 6.54 Å². The van der Waals surface area contributed by atoms with Crippen LogP contribution in [0, 0.1) is 0 Å². The molecule has 1 amide bonds. The zero-order valence-corrected chi connectivity index (χ0v) is 11.5. The lowest BCUT2D eigenvalue weighted by molar-refractivity contribution is -0.114. The van der Waals surface area contributed by atoms with Crippen molar-refractivity contribution in [2.24, 2.45) is 0 Å². The highest BCUT2D eigenvalue weighted by Crippen LogP contribution is 2.34. The average molecular weight is 320 g/mol. The number of amides is 1. The van der Waals surface area contributed by atoms with Crippen molar-refractivity contribution in [3.05, 3.63) is 47.0 Å². The summed E-state index contributed by atoms with van der Waals surface area (Å²) in [5.41, 5.74) is 1.13. The van der Waals surface area contributed by atoms with Crippen molar-refractivity contribution in [1.82, 2.24) is 9.55 Å². The van der Waals surface area contributed by atoms with Gasteiger partial charge in [-0.15, -0.1) is 0 Å². The molecule has 0 N–H and O–H groups in total. The number of benzene rings is 1. The SMILES string of the molecule is O=C1C(=O)N(CCn2ccnc2)c2cccc(Br)c21. The molecule has 0 atom stereocenters. The van der Waals surface area contributed by atoms with Crippen molar-refractivity contribution in [3.8, 4) is 0 Å². The van der Waals surface area contributed by atoms with Gasteiger partial charge in [0, 0.05) is 30.0 Å². The van der Waals surface area contributed by atoms with Gasteiger partial charge in [0.25, 0.3) is 11.7 Å². The fraction of sp³-hybridized carbons (Fsp3) is 0.154. The number of Topliss-reactive ketones (excluding diaryl/α,β-unsaturated/α-hetero) is 1.